The average Bonchev–Trinajstić information content (AvgIpc) is 2.37. The van der Waals surface area contributed by atoms with Gasteiger partial charge in [-0.05, 0) is 43.8 Å². The van der Waals surface area contributed by atoms with Crippen LogP contribution in [-0.2, 0) is 10.0 Å². The SMILES string of the molecule is CNCC(C)CNS(=O)(=O)c1ccc(C#N)cc1. The first-order chi connectivity index (χ1) is 8.49. The van der Waals surface area contributed by atoms with E-state index in [1.165, 1.54) is 24.3 Å². The van der Waals surface area contributed by atoms with Gasteiger partial charge >= 0.3 is 0 Å². The van der Waals surface area contributed by atoms with Crippen LogP contribution in [0.4, 0.5) is 0 Å². The Kier molecular flexibility index (Phi) is 5.28. The number of sulfonamides is 1. The smallest absolute Gasteiger partial charge is 0.240 e. The first-order valence-corrected chi connectivity index (χ1v) is 7.12. The van der Waals surface area contributed by atoms with E-state index in [4.69, 9.17) is 5.26 Å². The Bertz CT molecular complexity index is 517. The normalized spacial score (nSPS) is 12.9. The van der Waals surface area contributed by atoms with Crippen molar-refractivity contribution in [3.8, 4) is 6.07 Å². The highest BCUT2D eigenvalue weighted by molar-refractivity contribution is 7.89. The van der Waals surface area contributed by atoms with E-state index in [1.54, 1.807) is 0 Å². The minimum atomic E-state index is -3.49. The van der Waals surface area contributed by atoms with E-state index in [1.807, 2.05) is 20.0 Å². The Morgan fingerprint density at radius 2 is 1.89 bits per heavy atom. The maximum atomic E-state index is 11.9. The van der Waals surface area contributed by atoms with Crippen molar-refractivity contribution in [1.29, 1.82) is 5.26 Å². The van der Waals surface area contributed by atoms with Gasteiger partial charge in [-0.2, -0.15) is 5.26 Å². The Morgan fingerprint density at radius 1 is 1.28 bits per heavy atom. The maximum absolute atomic E-state index is 11.9. The molecule has 98 valence electrons. The molecule has 1 aromatic carbocycles. The van der Waals surface area contributed by atoms with Crippen LogP contribution >= 0.6 is 0 Å². The van der Waals surface area contributed by atoms with Crippen LogP contribution in [0.3, 0.4) is 0 Å². The topological polar surface area (TPSA) is 82.0 Å². The summed E-state index contributed by atoms with van der Waals surface area (Å²) in [5, 5.41) is 11.6. The molecule has 0 aromatic heterocycles. The summed E-state index contributed by atoms with van der Waals surface area (Å²) in [4.78, 5) is 0.179. The molecule has 0 saturated heterocycles. The second-order valence-corrected chi connectivity index (χ2v) is 5.92. The van der Waals surface area contributed by atoms with Gasteiger partial charge < -0.3 is 5.32 Å². The molecule has 0 spiro atoms. The molecule has 1 unspecified atom stereocenters. The van der Waals surface area contributed by atoms with E-state index in [2.05, 4.69) is 10.0 Å². The van der Waals surface area contributed by atoms with E-state index >= 15 is 0 Å². The molecule has 18 heavy (non-hydrogen) atoms. The van der Waals surface area contributed by atoms with Crippen LogP contribution < -0.4 is 10.0 Å². The Hall–Kier alpha value is -1.42. The van der Waals surface area contributed by atoms with Crippen LogP contribution in [0.15, 0.2) is 29.2 Å². The molecule has 0 heterocycles. The zero-order valence-corrected chi connectivity index (χ0v) is 11.3. The van der Waals surface area contributed by atoms with Gasteiger partial charge in [0.15, 0.2) is 0 Å². The van der Waals surface area contributed by atoms with Crippen LogP contribution in [0.1, 0.15) is 12.5 Å². The van der Waals surface area contributed by atoms with E-state index < -0.39 is 10.0 Å². The third-order valence-corrected chi connectivity index (χ3v) is 3.91. The van der Waals surface area contributed by atoms with Crippen LogP contribution in [0.5, 0.6) is 0 Å². The zero-order valence-electron chi connectivity index (χ0n) is 10.5. The van der Waals surface area contributed by atoms with Gasteiger partial charge in [0.2, 0.25) is 10.0 Å². The molecule has 0 aliphatic rings. The predicted molar refractivity (Wildman–Crippen MR) is 69.4 cm³/mol. The molecule has 6 heteroatoms. The molecule has 0 fully saturated rings. The molecule has 0 aliphatic carbocycles. The van der Waals surface area contributed by atoms with Crippen molar-refractivity contribution in [2.24, 2.45) is 5.92 Å². The summed E-state index contributed by atoms with van der Waals surface area (Å²) in [7, 11) is -1.66. The van der Waals surface area contributed by atoms with Crippen molar-refractivity contribution in [3.63, 3.8) is 0 Å². The van der Waals surface area contributed by atoms with Crippen molar-refractivity contribution < 1.29 is 8.42 Å². The lowest BCUT2D eigenvalue weighted by Crippen LogP contribution is -2.32. The Labute approximate surface area is 108 Å². The molecule has 0 radical (unpaired) electrons. The minimum Gasteiger partial charge on any atom is -0.319 e. The third-order valence-electron chi connectivity index (χ3n) is 2.47. The molecule has 1 aromatic rings. The second kappa shape index (κ2) is 6.50. The zero-order chi connectivity index (χ0) is 13.6. The van der Waals surface area contributed by atoms with Crippen molar-refractivity contribution in [2.75, 3.05) is 20.1 Å². The summed E-state index contributed by atoms with van der Waals surface area (Å²) >= 11 is 0. The second-order valence-electron chi connectivity index (χ2n) is 4.15. The number of nitrogens with zero attached hydrogens (tertiary/aromatic N) is 1. The van der Waals surface area contributed by atoms with Gasteiger partial charge in [-0.25, -0.2) is 13.1 Å². The van der Waals surface area contributed by atoms with Gasteiger partial charge in [0.1, 0.15) is 0 Å². The van der Waals surface area contributed by atoms with Gasteiger partial charge in [0, 0.05) is 6.54 Å². The number of hydrogen-bond acceptors (Lipinski definition) is 4. The Morgan fingerprint density at radius 3 is 2.39 bits per heavy atom. The minimum absolute atomic E-state index is 0.179. The first kappa shape index (κ1) is 14.6. The van der Waals surface area contributed by atoms with E-state index in [9.17, 15) is 8.42 Å². The van der Waals surface area contributed by atoms with Crippen molar-refractivity contribution in [1.82, 2.24) is 10.0 Å². The fraction of sp³-hybridized carbons (Fsp3) is 0.417. The van der Waals surface area contributed by atoms with Gasteiger partial charge in [-0.15, -0.1) is 0 Å². The van der Waals surface area contributed by atoms with Crippen LogP contribution in [0.25, 0.3) is 0 Å². The summed E-state index contributed by atoms with van der Waals surface area (Å²) in [6.45, 7) is 3.08. The van der Waals surface area contributed by atoms with Crippen molar-refractivity contribution in [3.05, 3.63) is 29.8 Å². The van der Waals surface area contributed by atoms with Gasteiger partial charge in [-0.1, -0.05) is 6.92 Å². The molecule has 0 saturated carbocycles. The largest absolute Gasteiger partial charge is 0.319 e. The maximum Gasteiger partial charge on any atom is 0.240 e. The number of rotatable bonds is 6. The van der Waals surface area contributed by atoms with E-state index in [0.717, 1.165) is 6.54 Å². The molecular formula is C12H17N3O2S. The molecular weight excluding hydrogens is 250 g/mol. The van der Waals surface area contributed by atoms with Gasteiger partial charge in [0.05, 0.1) is 16.5 Å². The summed E-state index contributed by atoms with van der Waals surface area (Å²) in [5.41, 5.74) is 0.442. The standard InChI is InChI=1S/C12H17N3O2S/c1-10(8-14-2)9-15-18(16,17)12-5-3-11(7-13)4-6-12/h3-6,10,14-15H,8-9H2,1-2H3. The van der Waals surface area contributed by atoms with Gasteiger partial charge in [0.25, 0.3) is 0 Å². The van der Waals surface area contributed by atoms with Crippen molar-refractivity contribution in [2.45, 2.75) is 11.8 Å². The lowest BCUT2D eigenvalue weighted by Gasteiger charge is -2.12. The molecule has 0 amide bonds. The monoisotopic (exact) mass is 267 g/mol. The summed E-state index contributed by atoms with van der Waals surface area (Å²) in [6.07, 6.45) is 0. The molecule has 5 nitrogen and oxygen atoms in total. The fourth-order valence-electron chi connectivity index (χ4n) is 1.46. The first-order valence-electron chi connectivity index (χ1n) is 5.64. The lowest BCUT2D eigenvalue weighted by molar-refractivity contribution is 0.519. The lowest BCUT2D eigenvalue weighted by atomic mass is 10.2. The summed E-state index contributed by atoms with van der Waals surface area (Å²) in [6, 6.07) is 7.80. The Balaban J connectivity index is 2.71. The van der Waals surface area contributed by atoms with Crippen LogP contribution in [0, 0.1) is 17.2 Å². The molecule has 1 rings (SSSR count). The molecule has 1 atom stereocenters. The summed E-state index contributed by atoms with van der Waals surface area (Å²) in [5.74, 6) is 0.211. The molecule has 0 bridgehead atoms. The highest BCUT2D eigenvalue weighted by Gasteiger charge is 2.14. The third kappa shape index (κ3) is 4.11. The molecule has 0 aliphatic heterocycles. The number of nitriles is 1. The van der Waals surface area contributed by atoms with Crippen LogP contribution in [0.2, 0.25) is 0 Å². The van der Waals surface area contributed by atoms with E-state index in [0.29, 0.717) is 12.1 Å². The number of hydrogen-bond donors (Lipinski definition) is 2. The predicted octanol–water partition coefficient (Wildman–Crippen LogP) is 0.692. The van der Waals surface area contributed by atoms with Crippen LogP contribution in [-0.4, -0.2) is 28.6 Å². The highest BCUT2D eigenvalue weighted by Crippen LogP contribution is 2.10. The number of benzene rings is 1. The fourth-order valence-corrected chi connectivity index (χ4v) is 2.63. The van der Waals surface area contributed by atoms with Gasteiger partial charge in [-0.3, -0.25) is 0 Å². The average molecular weight is 267 g/mol. The van der Waals surface area contributed by atoms with E-state index in [-0.39, 0.29) is 10.8 Å². The number of nitrogens with one attached hydrogen (secondary N) is 2. The molecule has 2 N–H and O–H groups in total. The quantitative estimate of drug-likeness (QED) is 0.794. The van der Waals surface area contributed by atoms with Crippen molar-refractivity contribution >= 4 is 10.0 Å². The highest BCUT2D eigenvalue weighted by atomic mass is 32.2. The summed E-state index contributed by atoms with van der Waals surface area (Å²) < 4.78 is 26.4.